The number of nitrogens with one attached hydrogen (secondary N) is 1. The van der Waals surface area contributed by atoms with Crippen molar-refractivity contribution in [3.8, 4) is 0 Å². The van der Waals surface area contributed by atoms with Gasteiger partial charge in [0, 0.05) is 27.5 Å². The van der Waals surface area contributed by atoms with E-state index in [4.69, 9.17) is 11.6 Å². The number of piperidine rings is 1. The summed E-state index contributed by atoms with van der Waals surface area (Å²) in [5.41, 5.74) is 0. The fourth-order valence-corrected chi connectivity index (χ4v) is 4.78. The average Bonchev–Trinajstić information content (AvgIpc) is 2.83. The van der Waals surface area contributed by atoms with E-state index >= 15 is 0 Å². The van der Waals surface area contributed by atoms with E-state index in [0.717, 1.165) is 18.1 Å². The highest BCUT2D eigenvalue weighted by Crippen LogP contribution is 2.37. The molecule has 0 spiro atoms. The molecule has 0 bridgehead atoms. The van der Waals surface area contributed by atoms with Crippen LogP contribution in [0.25, 0.3) is 10.1 Å². The van der Waals surface area contributed by atoms with E-state index in [1.54, 1.807) is 0 Å². The van der Waals surface area contributed by atoms with Crippen LogP contribution in [0.15, 0.2) is 24.3 Å². The second kappa shape index (κ2) is 7.10. The number of hydrogen-bond donors (Lipinski definition) is 1. The topological polar surface area (TPSA) is 15.3 Å². The lowest BCUT2D eigenvalue weighted by Crippen LogP contribution is -2.40. The largest absolute Gasteiger partial charge is 0.320 e. The van der Waals surface area contributed by atoms with E-state index in [-0.39, 0.29) is 0 Å². The minimum absolute atomic E-state index is 0.701. The van der Waals surface area contributed by atoms with Crippen molar-refractivity contribution < 1.29 is 0 Å². The van der Waals surface area contributed by atoms with Crippen LogP contribution in [0.3, 0.4) is 0 Å². The minimum atomic E-state index is 0.701. The molecule has 114 valence electrons. The first kappa shape index (κ1) is 15.3. The Bertz CT molecular complexity index is 595. The Kier molecular flexibility index (Phi) is 5.17. The average molecular weight is 323 g/mol. The monoisotopic (exact) mass is 322 g/mol. The summed E-state index contributed by atoms with van der Waals surface area (Å²) in [5, 5.41) is 5.46. The Balaban J connectivity index is 1.77. The van der Waals surface area contributed by atoms with Crippen molar-refractivity contribution in [2.75, 3.05) is 20.1 Å². The summed E-state index contributed by atoms with van der Waals surface area (Å²) in [5.74, 6) is 0. The van der Waals surface area contributed by atoms with Gasteiger partial charge < -0.3 is 5.32 Å². The number of nitrogens with zero attached hydrogens (tertiary/aromatic N) is 1. The van der Waals surface area contributed by atoms with E-state index in [9.17, 15) is 0 Å². The number of benzene rings is 1. The molecule has 1 saturated heterocycles. The van der Waals surface area contributed by atoms with Gasteiger partial charge in [0.2, 0.25) is 0 Å². The molecule has 3 rings (SSSR count). The van der Waals surface area contributed by atoms with Crippen LogP contribution >= 0.6 is 22.9 Å². The number of fused-ring (bicyclic) bond motifs is 1. The second-order valence-electron chi connectivity index (χ2n) is 5.85. The molecule has 1 N–H and O–H groups in total. The lowest BCUT2D eigenvalue weighted by atomic mass is 9.99. The van der Waals surface area contributed by atoms with Crippen LogP contribution in [0.2, 0.25) is 5.02 Å². The minimum Gasteiger partial charge on any atom is -0.320 e. The maximum absolute atomic E-state index is 6.60. The molecule has 0 saturated carbocycles. The summed E-state index contributed by atoms with van der Waals surface area (Å²) >= 11 is 8.45. The van der Waals surface area contributed by atoms with E-state index in [1.165, 1.54) is 47.2 Å². The number of hydrogen-bond acceptors (Lipinski definition) is 3. The number of likely N-dealkylation sites (tertiary alicyclic amines) is 1. The summed E-state index contributed by atoms with van der Waals surface area (Å²) in [6, 6.07) is 9.17. The smallest absolute Gasteiger partial charge is 0.0637 e. The first-order valence-corrected chi connectivity index (χ1v) is 9.03. The maximum atomic E-state index is 6.60. The zero-order chi connectivity index (χ0) is 14.7. The second-order valence-corrected chi connectivity index (χ2v) is 7.36. The van der Waals surface area contributed by atoms with Crippen LogP contribution in [-0.2, 0) is 6.54 Å². The highest BCUT2D eigenvalue weighted by Gasteiger charge is 2.23. The van der Waals surface area contributed by atoms with Gasteiger partial charge in [-0.2, -0.15) is 0 Å². The lowest BCUT2D eigenvalue weighted by molar-refractivity contribution is 0.134. The molecule has 1 unspecified atom stereocenters. The van der Waals surface area contributed by atoms with Crippen LogP contribution in [0, 0.1) is 0 Å². The van der Waals surface area contributed by atoms with E-state index in [0.29, 0.717) is 6.04 Å². The first-order chi connectivity index (χ1) is 10.3. The fraction of sp³-hybridized carbons (Fsp3) is 0.529. The molecule has 1 atom stereocenters. The number of thiophene rings is 1. The van der Waals surface area contributed by atoms with E-state index in [2.05, 4.69) is 34.5 Å². The van der Waals surface area contributed by atoms with Gasteiger partial charge in [-0.25, -0.2) is 0 Å². The van der Waals surface area contributed by atoms with Crippen LogP contribution in [0.1, 0.15) is 30.6 Å². The zero-order valence-corrected chi connectivity index (χ0v) is 14.1. The summed E-state index contributed by atoms with van der Waals surface area (Å²) in [6.07, 6.45) is 5.24. The van der Waals surface area contributed by atoms with Crippen LogP contribution in [0.4, 0.5) is 0 Å². The maximum Gasteiger partial charge on any atom is 0.0637 e. The molecular formula is C17H23ClN2S. The highest BCUT2D eigenvalue weighted by atomic mass is 35.5. The van der Waals surface area contributed by atoms with E-state index < -0.39 is 0 Å². The number of rotatable bonds is 5. The van der Waals surface area contributed by atoms with Gasteiger partial charge in [-0.3, -0.25) is 4.90 Å². The van der Waals surface area contributed by atoms with Crippen LogP contribution in [-0.4, -0.2) is 31.1 Å². The Morgan fingerprint density at radius 2 is 2.19 bits per heavy atom. The van der Waals surface area contributed by atoms with Crippen molar-refractivity contribution in [3.63, 3.8) is 0 Å². The standard InChI is InChI=1S/C17H23ClN2S/c1-19-10-9-13-6-4-5-11-20(13)12-16-17(18)14-7-2-3-8-15(14)21-16/h2-3,7-8,13,19H,4-6,9-12H2,1H3. The van der Waals surface area contributed by atoms with Gasteiger partial charge in [-0.1, -0.05) is 36.2 Å². The number of halogens is 1. The molecule has 21 heavy (non-hydrogen) atoms. The molecule has 1 aliphatic heterocycles. The fourth-order valence-electron chi connectivity index (χ4n) is 3.26. The van der Waals surface area contributed by atoms with Gasteiger partial charge in [0.05, 0.1) is 5.02 Å². The van der Waals surface area contributed by atoms with Crippen LogP contribution < -0.4 is 5.32 Å². The molecule has 1 aliphatic rings. The molecule has 0 amide bonds. The molecule has 4 heteroatoms. The van der Waals surface area contributed by atoms with Gasteiger partial charge in [-0.05, 0) is 45.5 Å². The van der Waals surface area contributed by atoms with Gasteiger partial charge in [0.1, 0.15) is 0 Å². The van der Waals surface area contributed by atoms with Gasteiger partial charge >= 0.3 is 0 Å². The molecule has 2 aromatic rings. The Morgan fingerprint density at radius 3 is 3.00 bits per heavy atom. The molecule has 0 radical (unpaired) electrons. The Hall–Kier alpha value is -0.610. The van der Waals surface area contributed by atoms with Crippen molar-refractivity contribution in [2.45, 2.75) is 38.3 Å². The zero-order valence-electron chi connectivity index (χ0n) is 12.6. The molecule has 2 nitrogen and oxygen atoms in total. The third kappa shape index (κ3) is 3.42. The Morgan fingerprint density at radius 1 is 1.33 bits per heavy atom. The predicted molar refractivity (Wildman–Crippen MR) is 93.4 cm³/mol. The van der Waals surface area contributed by atoms with Crippen molar-refractivity contribution in [1.82, 2.24) is 10.2 Å². The third-order valence-corrected chi connectivity index (χ3v) is 6.12. The van der Waals surface area contributed by atoms with Crippen LogP contribution in [0.5, 0.6) is 0 Å². The summed E-state index contributed by atoms with van der Waals surface area (Å²) in [4.78, 5) is 3.96. The third-order valence-electron chi connectivity index (χ3n) is 4.42. The van der Waals surface area contributed by atoms with E-state index in [1.807, 2.05) is 18.4 Å². The summed E-state index contributed by atoms with van der Waals surface area (Å²) in [6.45, 7) is 3.31. The molecule has 1 aromatic carbocycles. The molecule has 1 aromatic heterocycles. The lowest BCUT2D eigenvalue weighted by Gasteiger charge is -2.35. The molecular weight excluding hydrogens is 300 g/mol. The van der Waals surface area contributed by atoms with Crippen molar-refractivity contribution in [3.05, 3.63) is 34.2 Å². The highest BCUT2D eigenvalue weighted by molar-refractivity contribution is 7.19. The normalized spacial score (nSPS) is 20.2. The van der Waals surface area contributed by atoms with Gasteiger partial charge in [0.25, 0.3) is 0 Å². The van der Waals surface area contributed by atoms with Crippen molar-refractivity contribution in [2.24, 2.45) is 0 Å². The first-order valence-electron chi connectivity index (χ1n) is 7.84. The quantitative estimate of drug-likeness (QED) is 0.870. The van der Waals surface area contributed by atoms with Crippen molar-refractivity contribution in [1.29, 1.82) is 0 Å². The summed E-state index contributed by atoms with van der Waals surface area (Å²) in [7, 11) is 2.04. The van der Waals surface area contributed by atoms with Crippen molar-refractivity contribution >= 4 is 33.0 Å². The predicted octanol–water partition coefficient (Wildman–Crippen LogP) is 4.52. The molecule has 1 fully saturated rings. The van der Waals surface area contributed by atoms with Gasteiger partial charge in [0.15, 0.2) is 0 Å². The SMILES string of the molecule is CNCCC1CCCCN1Cc1sc2ccccc2c1Cl. The summed E-state index contributed by atoms with van der Waals surface area (Å²) < 4.78 is 1.31. The molecule has 0 aliphatic carbocycles. The molecule has 2 heterocycles. The Labute approximate surface area is 136 Å². The van der Waals surface area contributed by atoms with Gasteiger partial charge in [-0.15, -0.1) is 11.3 Å².